The van der Waals surface area contributed by atoms with Gasteiger partial charge < -0.3 is 15.8 Å². The summed E-state index contributed by atoms with van der Waals surface area (Å²) in [6.07, 6.45) is -1.30. The number of nitrogens with one attached hydrogen (secondary N) is 1. The Balaban J connectivity index is 1.50. The van der Waals surface area contributed by atoms with Gasteiger partial charge in [-0.15, -0.1) is 11.3 Å². The van der Waals surface area contributed by atoms with Gasteiger partial charge in [0.25, 0.3) is 18.2 Å². The summed E-state index contributed by atoms with van der Waals surface area (Å²) in [5.74, 6) is -1.02. The predicted molar refractivity (Wildman–Crippen MR) is 141 cm³/mol. The predicted octanol–water partition coefficient (Wildman–Crippen LogP) is 6.14. The molecule has 5 rings (SSSR count). The molecule has 5 aromatic rings. The number of fused-ring (bicyclic) bond motifs is 1. The molecular formula is C26H18ClF2N5O3S. The standard InChI is InChI=1S/C26H18ClF2N5O3S/c27-16-8-4-5-9-19(16)37-13-34-11-10-17(33-34)25(36)32-21-20-15(14-6-2-1-3-7-14)12-18(23(28)29)31-26(20)38-22(21)24(30)35/h1-12,23H,13H2,(H2,30,35)(H,32,36). The minimum Gasteiger partial charge on any atom is -0.470 e. The first kappa shape index (κ1) is 25.3. The van der Waals surface area contributed by atoms with Gasteiger partial charge in [0, 0.05) is 11.6 Å². The van der Waals surface area contributed by atoms with Gasteiger partial charge in [0.05, 0.1) is 10.7 Å². The maximum absolute atomic E-state index is 13.6. The van der Waals surface area contributed by atoms with E-state index in [1.165, 1.54) is 16.8 Å². The molecule has 0 saturated carbocycles. The van der Waals surface area contributed by atoms with Crippen LogP contribution in [0.5, 0.6) is 5.75 Å². The molecule has 3 N–H and O–H groups in total. The molecule has 3 heterocycles. The minimum atomic E-state index is -2.84. The lowest BCUT2D eigenvalue weighted by molar-refractivity contribution is 0.100. The van der Waals surface area contributed by atoms with Crippen molar-refractivity contribution in [3.05, 3.63) is 94.2 Å². The summed E-state index contributed by atoms with van der Waals surface area (Å²) in [5.41, 5.74) is 6.22. The van der Waals surface area contributed by atoms with E-state index in [1.807, 2.05) is 0 Å². The van der Waals surface area contributed by atoms with Crippen LogP contribution in [-0.4, -0.2) is 26.6 Å². The number of para-hydroxylation sites is 1. The number of pyridine rings is 1. The second kappa shape index (κ2) is 10.6. The van der Waals surface area contributed by atoms with Crippen molar-refractivity contribution in [2.24, 2.45) is 5.73 Å². The Hall–Kier alpha value is -4.35. The highest BCUT2D eigenvalue weighted by molar-refractivity contribution is 7.21. The van der Waals surface area contributed by atoms with Gasteiger partial charge >= 0.3 is 0 Å². The molecule has 0 spiro atoms. The molecule has 3 aromatic heterocycles. The van der Waals surface area contributed by atoms with Crippen molar-refractivity contribution in [1.29, 1.82) is 0 Å². The first-order valence-electron chi connectivity index (χ1n) is 11.1. The topological polar surface area (TPSA) is 112 Å². The lowest BCUT2D eigenvalue weighted by atomic mass is 10.0. The second-order valence-electron chi connectivity index (χ2n) is 8.01. The van der Waals surface area contributed by atoms with Gasteiger partial charge in [-0.3, -0.25) is 9.59 Å². The van der Waals surface area contributed by atoms with E-state index in [9.17, 15) is 18.4 Å². The molecule has 0 saturated heterocycles. The number of halogens is 3. The van der Waals surface area contributed by atoms with Crippen LogP contribution in [-0.2, 0) is 6.73 Å². The van der Waals surface area contributed by atoms with Crippen LogP contribution < -0.4 is 15.8 Å². The maximum atomic E-state index is 13.6. The van der Waals surface area contributed by atoms with Gasteiger partial charge in [0.1, 0.15) is 21.2 Å². The van der Waals surface area contributed by atoms with Crippen molar-refractivity contribution < 1.29 is 23.1 Å². The van der Waals surface area contributed by atoms with Crippen molar-refractivity contribution in [2.45, 2.75) is 13.2 Å². The fourth-order valence-electron chi connectivity index (χ4n) is 3.80. The monoisotopic (exact) mass is 553 g/mol. The molecule has 0 bridgehead atoms. The Labute approximate surface area is 223 Å². The number of rotatable bonds is 8. The van der Waals surface area contributed by atoms with Crippen LogP contribution in [0.3, 0.4) is 0 Å². The second-order valence-corrected chi connectivity index (χ2v) is 9.42. The number of carbonyl (C=O) groups is 2. The van der Waals surface area contributed by atoms with Crippen LogP contribution in [0.1, 0.15) is 32.3 Å². The van der Waals surface area contributed by atoms with Crippen molar-refractivity contribution >= 4 is 50.7 Å². The van der Waals surface area contributed by atoms with E-state index >= 15 is 0 Å². The van der Waals surface area contributed by atoms with Crippen LogP contribution in [0, 0.1) is 0 Å². The molecule has 8 nitrogen and oxygen atoms in total. The number of nitrogens with zero attached hydrogens (tertiary/aromatic N) is 3. The molecular weight excluding hydrogens is 536 g/mol. The van der Waals surface area contributed by atoms with E-state index in [0.717, 1.165) is 11.3 Å². The van der Waals surface area contributed by atoms with E-state index in [0.29, 0.717) is 27.3 Å². The molecule has 0 aliphatic carbocycles. The van der Waals surface area contributed by atoms with E-state index in [1.54, 1.807) is 60.8 Å². The summed E-state index contributed by atoms with van der Waals surface area (Å²) in [5, 5.41) is 7.67. The van der Waals surface area contributed by atoms with Gasteiger partial charge in [-0.2, -0.15) is 5.10 Å². The number of benzene rings is 2. The molecule has 192 valence electrons. The summed E-state index contributed by atoms with van der Waals surface area (Å²) in [7, 11) is 0. The molecule has 0 fully saturated rings. The number of amides is 2. The lowest BCUT2D eigenvalue weighted by Crippen LogP contribution is -2.18. The third-order valence-electron chi connectivity index (χ3n) is 5.51. The van der Waals surface area contributed by atoms with Crippen LogP contribution in [0.15, 0.2) is 72.9 Å². The Morgan fingerprint density at radius 2 is 1.84 bits per heavy atom. The van der Waals surface area contributed by atoms with E-state index in [-0.39, 0.29) is 27.8 Å². The number of anilines is 1. The number of carbonyl (C=O) groups excluding carboxylic acids is 2. The summed E-state index contributed by atoms with van der Waals surface area (Å²) < 4.78 is 34.3. The SMILES string of the molecule is NC(=O)c1sc2nc(C(F)F)cc(-c3ccccc3)c2c1NC(=O)c1ccn(COc2ccccc2Cl)n1. The smallest absolute Gasteiger partial charge is 0.280 e. The zero-order valence-corrected chi connectivity index (χ0v) is 21.0. The summed E-state index contributed by atoms with van der Waals surface area (Å²) >= 11 is 6.93. The highest BCUT2D eigenvalue weighted by Gasteiger charge is 2.25. The highest BCUT2D eigenvalue weighted by Crippen LogP contribution is 2.42. The normalized spacial score (nSPS) is 11.2. The third-order valence-corrected chi connectivity index (χ3v) is 6.93. The fourth-order valence-corrected chi connectivity index (χ4v) is 5.00. The van der Waals surface area contributed by atoms with Crippen molar-refractivity contribution in [2.75, 3.05) is 5.32 Å². The zero-order valence-electron chi connectivity index (χ0n) is 19.4. The molecule has 0 aliphatic rings. The van der Waals surface area contributed by atoms with E-state index < -0.39 is 23.9 Å². The third kappa shape index (κ3) is 5.06. The van der Waals surface area contributed by atoms with Crippen molar-refractivity contribution in [3.8, 4) is 16.9 Å². The average molecular weight is 554 g/mol. The number of aromatic nitrogens is 3. The van der Waals surface area contributed by atoms with Gasteiger partial charge in [-0.25, -0.2) is 18.4 Å². The number of hydrogen-bond donors (Lipinski definition) is 2. The lowest BCUT2D eigenvalue weighted by Gasteiger charge is -2.10. The summed E-state index contributed by atoms with van der Waals surface area (Å²) in [4.78, 5) is 29.6. The van der Waals surface area contributed by atoms with E-state index in [2.05, 4.69) is 15.4 Å². The van der Waals surface area contributed by atoms with Crippen molar-refractivity contribution in [1.82, 2.24) is 14.8 Å². The number of alkyl halides is 2. The first-order chi connectivity index (χ1) is 18.3. The first-order valence-corrected chi connectivity index (χ1v) is 12.3. The van der Waals surface area contributed by atoms with Crippen LogP contribution >= 0.6 is 22.9 Å². The maximum Gasteiger partial charge on any atom is 0.280 e. The molecule has 12 heteroatoms. The molecule has 0 radical (unpaired) electrons. The number of hydrogen-bond acceptors (Lipinski definition) is 6. The quantitative estimate of drug-likeness (QED) is 0.240. The molecule has 0 atom stereocenters. The Morgan fingerprint density at radius 3 is 2.55 bits per heavy atom. The summed E-state index contributed by atoms with van der Waals surface area (Å²) in [6, 6.07) is 18.4. The Kier molecular flexibility index (Phi) is 7.03. The van der Waals surface area contributed by atoms with Crippen LogP contribution in [0.2, 0.25) is 5.02 Å². The molecule has 0 unspecified atom stereocenters. The molecule has 38 heavy (non-hydrogen) atoms. The number of primary amides is 1. The summed E-state index contributed by atoms with van der Waals surface area (Å²) in [6.45, 7) is -0.0105. The molecule has 0 aliphatic heterocycles. The van der Waals surface area contributed by atoms with Crippen LogP contribution in [0.4, 0.5) is 14.5 Å². The largest absolute Gasteiger partial charge is 0.470 e. The minimum absolute atomic E-state index is 0.0105. The number of ether oxygens (including phenoxy) is 1. The van der Waals surface area contributed by atoms with Gasteiger partial charge in [-0.05, 0) is 35.4 Å². The Bertz CT molecular complexity index is 1660. The van der Waals surface area contributed by atoms with Crippen LogP contribution in [0.25, 0.3) is 21.3 Å². The van der Waals surface area contributed by atoms with E-state index in [4.69, 9.17) is 22.1 Å². The molecule has 2 aromatic carbocycles. The van der Waals surface area contributed by atoms with Gasteiger partial charge in [-0.1, -0.05) is 54.1 Å². The Morgan fingerprint density at radius 1 is 1.11 bits per heavy atom. The zero-order chi connectivity index (χ0) is 26.8. The highest BCUT2D eigenvalue weighted by atomic mass is 35.5. The average Bonchev–Trinajstić information content (AvgIpc) is 3.53. The number of nitrogens with two attached hydrogens (primary N) is 1. The van der Waals surface area contributed by atoms with Crippen molar-refractivity contribution in [3.63, 3.8) is 0 Å². The number of thiophene rings is 1. The molecule has 2 amide bonds. The van der Waals surface area contributed by atoms with Gasteiger partial charge in [0.2, 0.25) is 0 Å². The fraction of sp³-hybridized carbons (Fsp3) is 0.0769. The van der Waals surface area contributed by atoms with Gasteiger partial charge in [0.15, 0.2) is 12.4 Å².